The van der Waals surface area contributed by atoms with Crippen LogP contribution in [0.5, 0.6) is 0 Å². The van der Waals surface area contributed by atoms with Crippen LogP contribution in [0.15, 0.2) is 6.20 Å². The van der Waals surface area contributed by atoms with Crippen LogP contribution in [-0.4, -0.2) is 21.5 Å². The van der Waals surface area contributed by atoms with Gasteiger partial charge in [-0.1, -0.05) is 0 Å². The summed E-state index contributed by atoms with van der Waals surface area (Å²) in [5.41, 5.74) is -0.606. The lowest BCUT2D eigenvalue weighted by Crippen LogP contribution is -2.00. The summed E-state index contributed by atoms with van der Waals surface area (Å²) in [4.78, 5) is 9.42. The molecule has 66 valence electrons. The molecule has 0 amide bonds. The van der Waals surface area contributed by atoms with E-state index in [1.54, 1.807) is 0 Å². The third-order valence-corrected chi connectivity index (χ3v) is 1.24. The fourth-order valence-electron chi connectivity index (χ4n) is 0.766. The highest BCUT2D eigenvalue weighted by molar-refractivity contribution is 5.31. The minimum absolute atomic E-state index is 0.213. The Bertz CT molecular complexity index is 286. The maximum atomic E-state index is 11.8. The molecule has 1 aromatic rings. The molecule has 1 N–H and O–H groups in total. The minimum atomic E-state index is -2.62. The summed E-state index contributed by atoms with van der Waals surface area (Å²) in [6, 6.07) is 0. The van der Waals surface area contributed by atoms with Gasteiger partial charge in [0.1, 0.15) is 5.69 Å². The van der Waals surface area contributed by atoms with Crippen LogP contribution < -0.4 is 0 Å². The molecule has 12 heavy (non-hydrogen) atoms. The number of hydrogen-bond acceptors (Lipinski definition) is 3. The molecule has 0 bridgehead atoms. The van der Waals surface area contributed by atoms with Gasteiger partial charge < -0.3 is 0 Å². The van der Waals surface area contributed by atoms with Crippen LogP contribution in [0, 0.1) is 10.1 Å². The number of nitrogens with zero attached hydrogens (tertiary/aromatic N) is 2. The van der Waals surface area contributed by atoms with Crippen LogP contribution in [-0.2, 0) is 6.42 Å². The minimum Gasteiger partial charge on any atom is -0.278 e. The zero-order valence-corrected chi connectivity index (χ0v) is 5.83. The number of alkyl halides is 2. The molecule has 0 unspecified atom stereocenters. The van der Waals surface area contributed by atoms with Crippen LogP contribution in [0.3, 0.4) is 0 Å². The molecule has 5 nitrogen and oxygen atoms in total. The van der Waals surface area contributed by atoms with Crippen molar-refractivity contribution in [3.05, 3.63) is 22.0 Å². The summed E-state index contributed by atoms with van der Waals surface area (Å²) in [5, 5.41) is 15.7. The van der Waals surface area contributed by atoms with Crippen molar-refractivity contribution < 1.29 is 13.7 Å². The summed E-state index contributed by atoms with van der Waals surface area (Å²) < 4.78 is 23.5. The van der Waals surface area contributed by atoms with Gasteiger partial charge in [0.05, 0.1) is 17.5 Å². The zero-order valence-electron chi connectivity index (χ0n) is 5.83. The van der Waals surface area contributed by atoms with E-state index in [2.05, 4.69) is 10.2 Å². The van der Waals surface area contributed by atoms with Crippen molar-refractivity contribution in [3.8, 4) is 0 Å². The van der Waals surface area contributed by atoms with E-state index in [1.807, 2.05) is 0 Å². The molecule has 0 aliphatic rings. The smallest absolute Gasteiger partial charge is 0.278 e. The van der Waals surface area contributed by atoms with Crippen LogP contribution in [0.25, 0.3) is 0 Å². The van der Waals surface area contributed by atoms with E-state index in [0.29, 0.717) is 0 Å². The molecule has 0 atom stereocenters. The van der Waals surface area contributed by atoms with Crippen LogP contribution in [0.1, 0.15) is 5.69 Å². The lowest BCUT2D eigenvalue weighted by molar-refractivity contribution is -0.385. The van der Waals surface area contributed by atoms with Gasteiger partial charge in [-0.25, -0.2) is 8.78 Å². The lowest BCUT2D eigenvalue weighted by Gasteiger charge is -1.93. The summed E-state index contributed by atoms with van der Waals surface area (Å²) in [6.07, 6.45) is -2.33. The number of nitrogens with one attached hydrogen (secondary N) is 1. The number of halogens is 2. The second-order valence-corrected chi connectivity index (χ2v) is 2.07. The lowest BCUT2D eigenvalue weighted by atomic mass is 10.3. The molecule has 0 aliphatic carbocycles. The Labute approximate surface area is 65.5 Å². The first kappa shape index (κ1) is 8.57. The molecule has 0 aliphatic heterocycles. The van der Waals surface area contributed by atoms with Crippen molar-refractivity contribution in [1.29, 1.82) is 0 Å². The predicted octanol–water partition coefficient (Wildman–Crippen LogP) is 1.13. The Morgan fingerprint density at radius 1 is 1.75 bits per heavy atom. The fraction of sp³-hybridized carbons (Fsp3) is 0.400. The molecule has 0 aromatic carbocycles. The molecule has 7 heteroatoms. The van der Waals surface area contributed by atoms with Crippen LogP contribution >= 0.6 is 0 Å². The second kappa shape index (κ2) is 3.24. The van der Waals surface area contributed by atoms with Crippen LogP contribution in [0.2, 0.25) is 0 Å². The summed E-state index contributed by atoms with van der Waals surface area (Å²) in [5.74, 6) is 0. The fourth-order valence-corrected chi connectivity index (χ4v) is 0.766. The van der Waals surface area contributed by atoms with Crippen molar-refractivity contribution in [2.75, 3.05) is 0 Å². The topological polar surface area (TPSA) is 71.8 Å². The number of aromatic amines is 1. The van der Waals surface area contributed by atoms with Gasteiger partial charge in [-0.15, -0.1) is 0 Å². The first-order valence-corrected chi connectivity index (χ1v) is 3.06. The molecule has 1 rings (SSSR count). The van der Waals surface area contributed by atoms with Gasteiger partial charge in [-0.2, -0.15) is 5.10 Å². The van der Waals surface area contributed by atoms with Crippen molar-refractivity contribution in [2.24, 2.45) is 0 Å². The maximum Gasteiger partial charge on any atom is 0.310 e. The van der Waals surface area contributed by atoms with Gasteiger partial charge in [0.25, 0.3) is 0 Å². The highest BCUT2D eigenvalue weighted by Gasteiger charge is 2.19. The van der Waals surface area contributed by atoms with E-state index in [4.69, 9.17) is 0 Å². The summed E-state index contributed by atoms with van der Waals surface area (Å²) in [7, 11) is 0. The Morgan fingerprint density at radius 3 is 2.92 bits per heavy atom. The standard InChI is InChI=1S/C5H5F2N3O2/c6-5(7)1-3-4(10(11)12)2-8-9-3/h2,5H,1H2,(H,8,9). The molecule has 1 aromatic heterocycles. The van der Waals surface area contributed by atoms with Crippen molar-refractivity contribution in [1.82, 2.24) is 10.2 Å². The summed E-state index contributed by atoms with van der Waals surface area (Å²) in [6.45, 7) is 0. The van der Waals surface area contributed by atoms with E-state index in [0.717, 1.165) is 6.20 Å². The molecule has 1 heterocycles. The Hall–Kier alpha value is -1.53. The van der Waals surface area contributed by atoms with Crippen molar-refractivity contribution in [2.45, 2.75) is 12.8 Å². The number of H-pyrrole nitrogens is 1. The van der Waals surface area contributed by atoms with E-state index in [-0.39, 0.29) is 5.69 Å². The third-order valence-electron chi connectivity index (χ3n) is 1.24. The van der Waals surface area contributed by atoms with Gasteiger partial charge in [-0.05, 0) is 0 Å². The number of rotatable bonds is 3. The predicted molar refractivity (Wildman–Crippen MR) is 35.0 cm³/mol. The molecule has 0 saturated carbocycles. The SMILES string of the molecule is O=[N+]([O-])c1c[nH]nc1CC(F)F. The number of nitro groups is 1. The van der Waals surface area contributed by atoms with E-state index < -0.39 is 23.5 Å². The van der Waals surface area contributed by atoms with Crippen LogP contribution in [0.4, 0.5) is 14.5 Å². The van der Waals surface area contributed by atoms with Gasteiger partial charge in [0.2, 0.25) is 6.43 Å². The second-order valence-electron chi connectivity index (χ2n) is 2.07. The molecular weight excluding hydrogens is 172 g/mol. The highest BCUT2D eigenvalue weighted by atomic mass is 19.3. The van der Waals surface area contributed by atoms with Gasteiger partial charge in [0.15, 0.2) is 0 Å². The number of hydrogen-bond donors (Lipinski definition) is 1. The Morgan fingerprint density at radius 2 is 2.42 bits per heavy atom. The normalized spacial score (nSPS) is 10.6. The average molecular weight is 177 g/mol. The quantitative estimate of drug-likeness (QED) is 0.555. The molecule has 0 saturated heterocycles. The largest absolute Gasteiger partial charge is 0.310 e. The Kier molecular flexibility index (Phi) is 2.32. The molecular formula is C5H5F2N3O2. The van der Waals surface area contributed by atoms with E-state index >= 15 is 0 Å². The summed E-state index contributed by atoms with van der Waals surface area (Å²) >= 11 is 0. The number of aromatic nitrogens is 2. The first-order chi connectivity index (χ1) is 5.61. The molecule has 0 spiro atoms. The van der Waals surface area contributed by atoms with Gasteiger partial charge in [0, 0.05) is 0 Å². The van der Waals surface area contributed by atoms with Crippen molar-refractivity contribution >= 4 is 5.69 Å². The highest BCUT2D eigenvalue weighted by Crippen LogP contribution is 2.17. The zero-order chi connectivity index (χ0) is 9.14. The molecule has 0 fully saturated rings. The molecule has 0 radical (unpaired) electrons. The third kappa shape index (κ3) is 1.74. The van der Waals surface area contributed by atoms with E-state index in [9.17, 15) is 18.9 Å². The maximum absolute atomic E-state index is 11.8. The Balaban J connectivity index is 2.84. The van der Waals surface area contributed by atoms with Gasteiger partial charge >= 0.3 is 5.69 Å². The monoisotopic (exact) mass is 177 g/mol. The first-order valence-electron chi connectivity index (χ1n) is 3.06. The average Bonchev–Trinajstić information content (AvgIpc) is 2.33. The van der Waals surface area contributed by atoms with Crippen molar-refractivity contribution in [3.63, 3.8) is 0 Å². The van der Waals surface area contributed by atoms with Gasteiger partial charge in [-0.3, -0.25) is 15.2 Å². The van der Waals surface area contributed by atoms with E-state index in [1.165, 1.54) is 0 Å².